The average molecular weight is 349 g/mol. The number of β-amino-alcohol motifs (C(OH)–C–C–N with tert-alkyl or cyclic N) is 1. The number of hydrogen-bond donors (Lipinski definition) is 1. The summed E-state index contributed by atoms with van der Waals surface area (Å²) < 4.78 is 1.99. The molecule has 2 atom stereocenters. The van der Waals surface area contributed by atoms with E-state index in [9.17, 15) is 5.11 Å². The van der Waals surface area contributed by atoms with Crippen molar-refractivity contribution in [3.63, 3.8) is 0 Å². The molecule has 24 heavy (non-hydrogen) atoms. The highest BCUT2D eigenvalue weighted by atomic mass is 35.5. The number of nitrogens with zero attached hydrogens (tertiary/aromatic N) is 4. The Balaban J connectivity index is 1.70. The Kier molecular flexibility index (Phi) is 5.54. The lowest BCUT2D eigenvalue weighted by molar-refractivity contribution is 0.0588. The molecule has 1 aliphatic rings. The highest BCUT2D eigenvalue weighted by Crippen LogP contribution is 2.26. The molecule has 1 saturated heterocycles. The third-order valence-corrected chi connectivity index (χ3v) is 5.11. The second-order valence-electron chi connectivity index (χ2n) is 6.57. The Hall–Kier alpha value is -1.43. The Bertz CT molecular complexity index is 687. The molecule has 2 heterocycles. The fourth-order valence-electron chi connectivity index (χ4n) is 3.51. The van der Waals surface area contributed by atoms with E-state index in [1.165, 1.54) is 12.8 Å². The molecule has 0 amide bonds. The maximum absolute atomic E-state index is 10.6. The fourth-order valence-corrected chi connectivity index (χ4v) is 3.77. The molecule has 1 aliphatic heterocycles. The van der Waals surface area contributed by atoms with Gasteiger partial charge >= 0.3 is 0 Å². The summed E-state index contributed by atoms with van der Waals surface area (Å²) in [6, 6.07) is 7.90. The van der Waals surface area contributed by atoms with Gasteiger partial charge in [-0.05, 0) is 39.3 Å². The lowest BCUT2D eigenvalue weighted by Gasteiger charge is -2.37. The van der Waals surface area contributed by atoms with E-state index >= 15 is 0 Å². The van der Waals surface area contributed by atoms with E-state index in [1.807, 2.05) is 42.8 Å². The van der Waals surface area contributed by atoms with E-state index in [2.05, 4.69) is 15.0 Å². The quantitative estimate of drug-likeness (QED) is 0.901. The summed E-state index contributed by atoms with van der Waals surface area (Å²) in [5.41, 5.74) is 0.802. The molecule has 0 aliphatic carbocycles. The average Bonchev–Trinajstić information content (AvgIpc) is 2.87. The van der Waals surface area contributed by atoms with Crippen LogP contribution in [0.4, 0.5) is 0 Å². The van der Waals surface area contributed by atoms with Gasteiger partial charge < -0.3 is 5.11 Å². The first-order valence-corrected chi connectivity index (χ1v) is 8.97. The lowest BCUT2D eigenvalue weighted by Crippen LogP contribution is -2.44. The van der Waals surface area contributed by atoms with Gasteiger partial charge in [0.15, 0.2) is 0 Å². The Labute approximate surface area is 148 Å². The molecule has 3 rings (SSSR count). The van der Waals surface area contributed by atoms with Crippen LogP contribution in [-0.4, -0.2) is 43.9 Å². The van der Waals surface area contributed by atoms with Crippen LogP contribution in [0, 0.1) is 13.8 Å². The number of aryl methyl sites for hydroxylation is 2. The second-order valence-corrected chi connectivity index (χ2v) is 6.98. The SMILES string of the molecule is Cc1nc(C)n(C[C@H]2CCCCN2C[C@@H](O)c2ccccc2Cl)n1. The number of benzene rings is 1. The van der Waals surface area contributed by atoms with Crippen LogP contribution < -0.4 is 0 Å². The summed E-state index contributed by atoms with van der Waals surface area (Å²) >= 11 is 6.23. The van der Waals surface area contributed by atoms with Gasteiger partial charge in [-0.2, -0.15) is 5.10 Å². The maximum atomic E-state index is 10.6. The molecule has 1 fully saturated rings. The second kappa shape index (κ2) is 7.64. The number of halogens is 1. The minimum atomic E-state index is -0.571. The van der Waals surface area contributed by atoms with Crippen molar-refractivity contribution >= 4 is 11.6 Å². The molecule has 1 aromatic carbocycles. The van der Waals surface area contributed by atoms with Crippen molar-refractivity contribution < 1.29 is 5.11 Å². The van der Waals surface area contributed by atoms with Crippen LogP contribution in [0.1, 0.15) is 42.6 Å². The zero-order chi connectivity index (χ0) is 17.1. The smallest absolute Gasteiger partial charge is 0.147 e. The predicted molar refractivity (Wildman–Crippen MR) is 95.1 cm³/mol. The van der Waals surface area contributed by atoms with E-state index in [1.54, 1.807) is 0 Å². The third-order valence-electron chi connectivity index (χ3n) is 4.77. The van der Waals surface area contributed by atoms with Crippen molar-refractivity contribution in [1.29, 1.82) is 0 Å². The molecule has 0 saturated carbocycles. The number of likely N-dealkylation sites (tertiary alicyclic amines) is 1. The van der Waals surface area contributed by atoms with E-state index in [-0.39, 0.29) is 0 Å². The van der Waals surface area contributed by atoms with Gasteiger partial charge in [0, 0.05) is 23.2 Å². The van der Waals surface area contributed by atoms with Gasteiger partial charge in [0.1, 0.15) is 11.6 Å². The van der Waals surface area contributed by atoms with Crippen LogP contribution in [-0.2, 0) is 6.54 Å². The van der Waals surface area contributed by atoms with Crippen molar-refractivity contribution in [3.05, 3.63) is 46.5 Å². The van der Waals surface area contributed by atoms with Crippen LogP contribution in [0.5, 0.6) is 0 Å². The van der Waals surface area contributed by atoms with Crippen LogP contribution in [0.3, 0.4) is 0 Å². The first kappa shape index (κ1) is 17.4. The number of rotatable bonds is 5. The molecule has 130 valence electrons. The van der Waals surface area contributed by atoms with Crippen LogP contribution in [0.2, 0.25) is 5.02 Å². The van der Waals surface area contributed by atoms with Gasteiger partial charge in [0.25, 0.3) is 0 Å². The van der Waals surface area contributed by atoms with E-state index in [4.69, 9.17) is 11.6 Å². The molecule has 0 spiro atoms. The van der Waals surface area contributed by atoms with Gasteiger partial charge in [0.05, 0.1) is 12.6 Å². The Morgan fingerprint density at radius 2 is 2.08 bits per heavy atom. The number of piperidine rings is 1. The highest BCUT2D eigenvalue weighted by molar-refractivity contribution is 6.31. The summed E-state index contributed by atoms with van der Waals surface area (Å²) in [7, 11) is 0. The summed E-state index contributed by atoms with van der Waals surface area (Å²) in [4.78, 5) is 6.76. The normalized spacial score (nSPS) is 20.2. The summed E-state index contributed by atoms with van der Waals surface area (Å²) in [6.07, 6.45) is 2.93. The molecular formula is C18H25ClN4O. The molecule has 6 heteroatoms. The number of aromatic nitrogens is 3. The number of aliphatic hydroxyl groups excluding tert-OH is 1. The third kappa shape index (κ3) is 3.97. The van der Waals surface area contributed by atoms with Crippen molar-refractivity contribution in [1.82, 2.24) is 19.7 Å². The molecule has 1 N–H and O–H groups in total. The maximum Gasteiger partial charge on any atom is 0.147 e. The minimum Gasteiger partial charge on any atom is -0.387 e. The zero-order valence-electron chi connectivity index (χ0n) is 14.3. The van der Waals surface area contributed by atoms with E-state index < -0.39 is 6.10 Å². The first-order valence-electron chi connectivity index (χ1n) is 8.59. The molecule has 1 aromatic heterocycles. The van der Waals surface area contributed by atoms with E-state index in [0.29, 0.717) is 17.6 Å². The van der Waals surface area contributed by atoms with Gasteiger partial charge in [-0.15, -0.1) is 0 Å². The zero-order valence-corrected chi connectivity index (χ0v) is 15.1. The van der Waals surface area contributed by atoms with Crippen molar-refractivity contribution in [2.75, 3.05) is 13.1 Å². The van der Waals surface area contributed by atoms with Crippen molar-refractivity contribution in [2.24, 2.45) is 0 Å². The summed E-state index contributed by atoms with van der Waals surface area (Å²) in [5.74, 6) is 1.76. The molecule has 0 radical (unpaired) electrons. The molecule has 0 unspecified atom stereocenters. The van der Waals surface area contributed by atoms with Crippen molar-refractivity contribution in [3.8, 4) is 0 Å². The molecule has 5 nitrogen and oxygen atoms in total. The van der Waals surface area contributed by atoms with Crippen LogP contribution in [0.25, 0.3) is 0 Å². The molecular weight excluding hydrogens is 324 g/mol. The Morgan fingerprint density at radius 1 is 1.29 bits per heavy atom. The first-order chi connectivity index (χ1) is 11.5. The topological polar surface area (TPSA) is 54.2 Å². The largest absolute Gasteiger partial charge is 0.387 e. The summed E-state index contributed by atoms with van der Waals surface area (Å²) in [6.45, 7) is 6.33. The van der Waals surface area contributed by atoms with Gasteiger partial charge in [-0.1, -0.05) is 36.2 Å². The minimum absolute atomic E-state index is 0.371. The highest BCUT2D eigenvalue weighted by Gasteiger charge is 2.26. The number of hydrogen-bond acceptors (Lipinski definition) is 4. The summed E-state index contributed by atoms with van der Waals surface area (Å²) in [5, 5.41) is 15.7. The van der Waals surface area contributed by atoms with Gasteiger partial charge in [-0.25, -0.2) is 9.67 Å². The number of aliphatic hydroxyl groups is 1. The van der Waals surface area contributed by atoms with E-state index in [0.717, 1.165) is 36.7 Å². The van der Waals surface area contributed by atoms with Gasteiger partial charge in [-0.3, -0.25) is 4.90 Å². The standard InChI is InChI=1S/C18H25ClN4O/c1-13-20-14(2)23(21-13)11-15-7-5-6-10-22(15)12-18(24)16-8-3-4-9-17(16)19/h3-4,8-9,15,18,24H,5-7,10-12H2,1-2H3/t15-,18-/m1/s1. The van der Waals surface area contributed by atoms with Gasteiger partial charge in [0.2, 0.25) is 0 Å². The van der Waals surface area contributed by atoms with Crippen LogP contribution in [0.15, 0.2) is 24.3 Å². The molecule has 2 aromatic rings. The monoisotopic (exact) mass is 348 g/mol. The molecule has 0 bridgehead atoms. The fraction of sp³-hybridized carbons (Fsp3) is 0.556. The lowest BCUT2D eigenvalue weighted by atomic mass is 10.00. The van der Waals surface area contributed by atoms with Crippen molar-refractivity contribution in [2.45, 2.75) is 51.8 Å². The Morgan fingerprint density at radius 3 is 2.79 bits per heavy atom. The van der Waals surface area contributed by atoms with Crippen LogP contribution >= 0.6 is 11.6 Å². The predicted octanol–water partition coefficient (Wildman–Crippen LogP) is 3.14.